The summed E-state index contributed by atoms with van der Waals surface area (Å²) in [5, 5.41) is 5.37. The molecular weight excluding hydrogens is 296 g/mol. The monoisotopic (exact) mass is 314 g/mol. The van der Waals surface area contributed by atoms with E-state index in [0.29, 0.717) is 12.8 Å². The van der Waals surface area contributed by atoms with Crippen molar-refractivity contribution in [3.05, 3.63) is 17.5 Å². The molecule has 2 bridgehead atoms. The lowest BCUT2D eigenvalue weighted by atomic mass is 10.0. The molecule has 2 unspecified atom stereocenters. The van der Waals surface area contributed by atoms with E-state index in [1.807, 2.05) is 22.4 Å². The SMILES string of the molecule is CS(=O)(=O)C1CC2CCC(C1)N2C(=O)Nc1cccs1. The molecule has 0 spiro atoms. The molecule has 1 aromatic heterocycles. The number of hydrogen-bond donors (Lipinski definition) is 1. The van der Waals surface area contributed by atoms with Crippen molar-refractivity contribution in [2.75, 3.05) is 11.6 Å². The van der Waals surface area contributed by atoms with Gasteiger partial charge in [0.1, 0.15) is 9.84 Å². The summed E-state index contributed by atoms with van der Waals surface area (Å²) < 4.78 is 23.4. The summed E-state index contributed by atoms with van der Waals surface area (Å²) in [5.74, 6) is 0. The topological polar surface area (TPSA) is 66.5 Å². The van der Waals surface area contributed by atoms with E-state index >= 15 is 0 Å². The van der Waals surface area contributed by atoms with Crippen LogP contribution in [-0.4, -0.2) is 42.9 Å². The molecule has 3 rings (SSSR count). The van der Waals surface area contributed by atoms with Gasteiger partial charge in [0.05, 0.1) is 10.3 Å². The number of piperidine rings is 1. The third-order valence-corrected chi connectivity index (χ3v) is 6.66. The number of urea groups is 1. The van der Waals surface area contributed by atoms with E-state index in [1.54, 1.807) is 0 Å². The van der Waals surface area contributed by atoms with Gasteiger partial charge >= 0.3 is 6.03 Å². The number of hydrogen-bond acceptors (Lipinski definition) is 4. The maximum absolute atomic E-state index is 12.4. The summed E-state index contributed by atoms with van der Waals surface area (Å²) in [6.45, 7) is 0. The van der Waals surface area contributed by atoms with Gasteiger partial charge in [0.15, 0.2) is 0 Å². The highest BCUT2D eigenvalue weighted by molar-refractivity contribution is 7.91. The largest absolute Gasteiger partial charge is 0.322 e. The first-order chi connectivity index (χ1) is 9.45. The molecule has 2 aliphatic heterocycles. The Hall–Kier alpha value is -1.08. The van der Waals surface area contributed by atoms with Gasteiger partial charge in [0, 0.05) is 18.3 Å². The summed E-state index contributed by atoms with van der Waals surface area (Å²) in [5.41, 5.74) is 0. The average Bonchev–Trinajstić information content (AvgIpc) is 2.94. The number of fused-ring (bicyclic) bond motifs is 2. The lowest BCUT2D eigenvalue weighted by Crippen LogP contribution is -2.51. The average molecular weight is 314 g/mol. The molecule has 2 amide bonds. The molecule has 2 saturated heterocycles. The molecule has 7 heteroatoms. The van der Waals surface area contributed by atoms with Crippen LogP contribution in [0.15, 0.2) is 17.5 Å². The van der Waals surface area contributed by atoms with Crippen molar-refractivity contribution in [3.8, 4) is 0 Å². The van der Waals surface area contributed by atoms with Crippen molar-refractivity contribution in [2.45, 2.75) is 43.0 Å². The zero-order valence-electron chi connectivity index (χ0n) is 11.3. The molecule has 20 heavy (non-hydrogen) atoms. The second-order valence-electron chi connectivity index (χ2n) is 5.62. The summed E-state index contributed by atoms with van der Waals surface area (Å²) in [4.78, 5) is 14.2. The standard InChI is InChI=1S/C13H18N2O3S2/c1-20(17,18)11-7-9-4-5-10(8-11)15(9)13(16)14-12-3-2-6-19-12/h2-3,6,9-11H,4-5,7-8H2,1H3,(H,14,16). The lowest BCUT2D eigenvalue weighted by molar-refractivity contribution is 0.160. The van der Waals surface area contributed by atoms with Gasteiger partial charge in [-0.25, -0.2) is 13.2 Å². The minimum atomic E-state index is -3.01. The van der Waals surface area contributed by atoms with Crippen LogP contribution in [0.5, 0.6) is 0 Å². The fraction of sp³-hybridized carbons (Fsp3) is 0.615. The fourth-order valence-electron chi connectivity index (χ4n) is 3.33. The van der Waals surface area contributed by atoms with E-state index in [2.05, 4.69) is 5.32 Å². The Morgan fingerprint density at radius 2 is 2.00 bits per heavy atom. The van der Waals surface area contributed by atoms with Crippen LogP contribution in [0.2, 0.25) is 0 Å². The van der Waals surface area contributed by atoms with Crippen LogP contribution in [0.1, 0.15) is 25.7 Å². The number of sulfone groups is 1. The maximum Gasteiger partial charge on any atom is 0.322 e. The first-order valence-corrected chi connectivity index (χ1v) is 9.60. The van der Waals surface area contributed by atoms with E-state index in [-0.39, 0.29) is 23.4 Å². The predicted molar refractivity (Wildman–Crippen MR) is 79.9 cm³/mol. The molecule has 0 aliphatic carbocycles. The number of rotatable bonds is 2. The lowest BCUT2D eigenvalue weighted by Gasteiger charge is -2.38. The molecular formula is C13H18N2O3S2. The van der Waals surface area contributed by atoms with Crippen LogP contribution in [-0.2, 0) is 9.84 Å². The number of carbonyl (C=O) groups excluding carboxylic acids is 1. The molecule has 2 aliphatic rings. The Kier molecular flexibility index (Phi) is 3.50. The minimum absolute atomic E-state index is 0.0634. The molecule has 0 saturated carbocycles. The Bertz CT molecular complexity index is 583. The van der Waals surface area contributed by atoms with Gasteiger partial charge in [-0.05, 0) is 43.2 Å². The Morgan fingerprint density at radius 1 is 1.35 bits per heavy atom. The second-order valence-corrected chi connectivity index (χ2v) is 8.90. The number of carbonyl (C=O) groups is 1. The molecule has 1 N–H and O–H groups in total. The molecule has 5 nitrogen and oxygen atoms in total. The molecule has 3 heterocycles. The number of nitrogens with one attached hydrogen (secondary N) is 1. The molecule has 110 valence electrons. The smallest absolute Gasteiger partial charge is 0.318 e. The highest BCUT2D eigenvalue weighted by Crippen LogP contribution is 2.38. The number of nitrogens with zero attached hydrogens (tertiary/aromatic N) is 1. The van der Waals surface area contributed by atoms with Crippen molar-refractivity contribution in [3.63, 3.8) is 0 Å². The highest BCUT2D eigenvalue weighted by atomic mass is 32.2. The van der Waals surface area contributed by atoms with Crippen molar-refractivity contribution in [1.82, 2.24) is 4.90 Å². The Balaban J connectivity index is 1.72. The molecule has 2 fully saturated rings. The van der Waals surface area contributed by atoms with Gasteiger partial charge < -0.3 is 4.90 Å². The summed E-state index contributed by atoms with van der Waals surface area (Å²) in [7, 11) is -3.01. The summed E-state index contributed by atoms with van der Waals surface area (Å²) >= 11 is 1.49. The first kappa shape index (κ1) is 13.9. The third kappa shape index (κ3) is 2.56. The van der Waals surface area contributed by atoms with Crippen molar-refractivity contribution in [1.29, 1.82) is 0 Å². The Morgan fingerprint density at radius 3 is 2.50 bits per heavy atom. The van der Waals surface area contributed by atoms with Gasteiger partial charge in [0.25, 0.3) is 0 Å². The summed E-state index contributed by atoms with van der Waals surface area (Å²) in [6.07, 6.45) is 4.28. The fourth-order valence-corrected chi connectivity index (χ4v) is 5.08. The zero-order chi connectivity index (χ0) is 14.3. The van der Waals surface area contributed by atoms with Crippen molar-refractivity contribution in [2.24, 2.45) is 0 Å². The van der Waals surface area contributed by atoms with E-state index in [0.717, 1.165) is 17.8 Å². The van der Waals surface area contributed by atoms with E-state index in [1.165, 1.54) is 17.6 Å². The molecule has 1 aromatic rings. The zero-order valence-corrected chi connectivity index (χ0v) is 12.9. The molecule has 0 radical (unpaired) electrons. The normalized spacial score (nSPS) is 29.4. The minimum Gasteiger partial charge on any atom is -0.318 e. The van der Waals surface area contributed by atoms with Crippen LogP contribution in [0.3, 0.4) is 0 Å². The Labute approximate surface area is 122 Å². The van der Waals surface area contributed by atoms with Gasteiger partial charge in [-0.15, -0.1) is 11.3 Å². The van der Waals surface area contributed by atoms with Gasteiger partial charge in [-0.1, -0.05) is 0 Å². The maximum atomic E-state index is 12.4. The van der Waals surface area contributed by atoms with E-state index < -0.39 is 9.84 Å². The highest BCUT2D eigenvalue weighted by Gasteiger charge is 2.45. The van der Waals surface area contributed by atoms with E-state index in [4.69, 9.17) is 0 Å². The van der Waals surface area contributed by atoms with Crippen LogP contribution < -0.4 is 5.32 Å². The number of thiophene rings is 1. The van der Waals surface area contributed by atoms with Crippen LogP contribution in [0.4, 0.5) is 9.80 Å². The van der Waals surface area contributed by atoms with Crippen LogP contribution in [0, 0.1) is 0 Å². The van der Waals surface area contributed by atoms with Gasteiger partial charge in [-0.3, -0.25) is 5.32 Å². The molecule has 0 aromatic carbocycles. The quantitative estimate of drug-likeness (QED) is 0.911. The number of anilines is 1. The second kappa shape index (κ2) is 5.04. The van der Waals surface area contributed by atoms with Gasteiger partial charge in [0.2, 0.25) is 0 Å². The van der Waals surface area contributed by atoms with Gasteiger partial charge in [-0.2, -0.15) is 0 Å². The summed E-state index contributed by atoms with van der Waals surface area (Å²) in [6, 6.07) is 3.80. The molecule has 2 atom stereocenters. The predicted octanol–water partition coefficient (Wildman–Crippen LogP) is 2.32. The van der Waals surface area contributed by atoms with Crippen LogP contribution in [0.25, 0.3) is 0 Å². The van der Waals surface area contributed by atoms with E-state index in [9.17, 15) is 13.2 Å². The van der Waals surface area contributed by atoms with Crippen molar-refractivity contribution >= 4 is 32.2 Å². The first-order valence-electron chi connectivity index (χ1n) is 6.77. The van der Waals surface area contributed by atoms with Crippen LogP contribution >= 0.6 is 11.3 Å². The van der Waals surface area contributed by atoms with Crippen molar-refractivity contribution < 1.29 is 13.2 Å². The third-order valence-electron chi connectivity index (χ3n) is 4.28. The number of amides is 2.